The molecule has 2 unspecified atom stereocenters. The molecule has 1 amide bonds. The molecule has 1 saturated carbocycles. The van der Waals surface area contributed by atoms with Crippen molar-refractivity contribution in [2.75, 3.05) is 0 Å². The largest absolute Gasteiger partial charge is 0.460 e. The third-order valence-corrected chi connectivity index (χ3v) is 3.48. The van der Waals surface area contributed by atoms with Gasteiger partial charge in [-0.2, -0.15) is 5.10 Å². The fourth-order valence-electron chi connectivity index (χ4n) is 2.32. The molecule has 0 radical (unpaired) electrons. The normalized spacial score (nSPS) is 21.1. The highest BCUT2D eigenvalue weighted by Gasteiger charge is 2.43. The molecule has 4 nitrogen and oxygen atoms in total. The molecule has 0 aliphatic heterocycles. The molecule has 1 heterocycles. The number of nitrogens with zero attached hydrogens (tertiary/aromatic N) is 1. The van der Waals surface area contributed by atoms with Crippen molar-refractivity contribution in [2.45, 2.75) is 19.3 Å². The van der Waals surface area contributed by atoms with Crippen LogP contribution in [0.3, 0.4) is 0 Å². The minimum Gasteiger partial charge on any atom is -0.460 e. The number of hydrazone groups is 1. The average molecular weight is 268 g/mol. The molecule has 1 N–H and O–H groups in total. The molecule has 2 atom stereocenters. The molecule has 4 heteroatoms. The van der Waals surface area contributed by atoms with Gasteiger partial charge >= 0.3 is 0 Å². The second-order valence-corrected chi connectivity index (χ2v) is 5.04. The number of carbonyl (C=O) groups is 1. The zero-order valence-corrected chi connectivity index (χ0v) is 11.2. The van der Waals surface area contributed by atoms with Crippen molar-refractivity contribution in [2.24, 2.45) is 11.0 Å². The first-order valence-corrected chi connectivity index (χ1v) is 6.68. The Morgan fingerprint density at radius 1 is 1.30 bits per heavy atom. The number of aryl methyl sites for hydroxylation is 1. The maximum absolute atomic E-state index is 11.9. The van der Waals surface area contributed by atoms with Crippen LogP contribution in [0.15, 0.2) is 52.0 Å². The van der Waals surface area contributed by atoms with Crippen LogP contribution in [-0.2, 0) is 4.79 Å². The van der Waals surface area contributed by atoms with Crippen molar-refractivity contribution in [1.82, 2.24) is 5.43 Å². The van der Waals surface area contributed by atoms with E-state index in [1.54, 1.807) is 0 Å². The second kappa shape index (κ2) is 5.33. The summed E-state index contributed by atoms with van der Waals surface area (Å²) in [5.74, 6) is 1.80. The van der Waals surface area contributed by atoms with Crippen LogP contribution in [0.5, 0.6) is 0 Å². The van der Waals surface area contributed by atoms with Gasteiger partial charge in [0.15, 0.2) is 0 Å². The Kier molecular flexibility index (Phi) is 3.37. The lowest BCUT2D eigenvalue weighted by atomic mass is 10.1. The zero-order valence-electron chi connectivity index (χ0n) is 11.2. The Morgan fingerprint density at radius 2 is 2.10 bits per heavy atom. The van der Waals surface area contributed by atoms with Gasteiger partial charge in [0.1, 0.15) is 11.5 Å². The van der Waals surface area contributed by atoms with Crippen LogP contribution < -0.4 is 5.43 Å². The molecule has 102 valence electrons. The van der Waals surface area contributed by atoms with Crippen molar-refractivity contribution in [1.29, 1.82) is 0 Å². The number of hydrogen-bond acceptors (Lipinski definition) is 3. The number of nitrogens with one attached hydrogen (secondary N) is 1. The Morgan fingerprint density at radius 3 is 2.80 bits per heavy atom. The molecule has 0 bridgehead atoms. The summed E-state index contributed by atoms with van der Waals surface area (Å²) in [6.45, 7) is 1.87. The minimum absolute atomic E-state index is 0.0293. The number of benzene rings is 1. The monoisotopic (exact) mass is 268 g/mol. The van der Waals surface area contributed by atoms with E-state index >= 15 is 0 Å². The van der Waals surface area contributed by atoms with Crippen molar-refractivity contribution in [3.8, 4) is 0 Å². The van der Waals surface area contributed by atoms with Gasteiger partial charge in [-0.1, -0.05) is 30.3 Å². The summed E-state index contributed by atoms with van der Waals surface area (Å²) in [5.41, 5.74) is 3.79. The first-order chi connectivity index (χ1) is 9.74. The predicted octanol–water partition coefficient (Wildman–Crippen LogP) is 2.84. The second-order valence-electron chi connectivity index (χ2n) is 5.04. The van der Waals surface area contributed by atoms with Crippen LogP contribution in [0.1, 0.15) is 29.4 Å². The Hall–Kier alpha value is -2.36. The lowest BCUT2D eigenvalue weighted by Gasteiger charge is -1.99. The van der Waals surface area contributed by atoms with E-state index in [1.165, 1.54) is 11.8 Å². The van der Waals surface area contributed by atoms with Gasteiger partial charge in [-0.05, 0) is 37.0 Å². The van der Waals surface area contributed by atoms with E-state index < -0.39 is 0 Å². The van der Waals surface area contributed by atoms with Crippen LogP contribution in [0.25, 0.3) is 0 Å². The van der Waals surface area contributed by atoms with Gasteiger partial charge in [-0.15, -0.1) is 0 Å². The Bertz CT molecular complexity index is 631. The first-order valence-electron chi connectivity index (χ1n) is 6.68. The van der Waals surface area contributed by atoms with Crippen LogP contribution in [0, 0.1) is 12.8 Å². The molecule has 0 spiro atoms. The maximum Gasteiger partial charge on any atom is 0.243 e. The smallest absolute Gasteiger partial charge is 0.243 e. The van der Waals surface area contributed by atoms with Crippen LogP contribution in [0.4, 0.5) is 0 Å². The molecule has 0 saturated heterocycles. The molecule has 1 aliphatic carbocycles. The molecule has 2 aromatic rings. The average Bonchev–Trinajstić information content (AvgIpc) is 3.17. The van der Waals surface area contributed by atoms with E-state index in [9.17, 15) is 4.79 Å². The maximum atomic E-state index is 11.9. The van der Waals surface area contributed by atoms with Crippen molar-refractivity contribution in [3.05, 3.63) is 59.5 Å². The fourth-order valence-corrected chi connectivity index (χ4v) is 2.32. The van der Waals surface area contributed by atoms with Gasteiger partial charge in [0, 0.05) is 5.92 Å². The van der Waals surface area contributed by atoms with Gasteiger partial charge in [-0.3, -0.25) is 4.79 Å². The number of carbonyl (C=O) groups excluding carboxylic acids is 1. The summed E-state index contributed by atoms with van der Waals surface area (Å²) < 4.78 is 5.33. The number of rotatable bonds is 4. The third kappa shape index (κ3) is 2.79. The first kappa shape index (κ1) is 12.7. The van der Waals surface area contributed by atoms with E-state index in [4.69, 9.17) is 4.42 Å². The highest BCUT2D eigenvalue weighted by molar-refractivity contribution is 5.84. The van der Waals surface area contributed by atoms with E-state index in [0.29, 0.717) is 11.7 Å². The van der Waals surface area contributed by atoms with E-state index in [-0.39, 0.29) is 11.8 Å². The third-order valence-electron chi connectivity index (χ3n) is 3.48. The van der Waals surface area contributed by atoms with Crippen LogP contribution in [0.2, 0.25) is 0 Å². The number of hydrogen-bond donors (Lipinski definition) is 1. The van der Waals surface area contributed by atoms with Crippen molar-refractivity contribution < 1.29 is 9.21 Å². The molecular weight excluding hydrogens is 252 g/mol. The van der Waals surface area contributed by atoms with E-state index in [2.05, 4.69) is 22.7 Å². The lowest BCUT2D eigenvalue weighted by Crippen LogP contribution is -2.20. The summed E-state index contributed by atoms with van der Waals surface area (Å²) >= 11 is 0. The van der Waals surface area contributed by atoms with E-state index in [0.717, 1.165) is 12.2 Å². The van der Waals surface area contributed by atoms with E-state index in [1.807, 2.05) is 37.3 Å². The van der Waals surface area contributed by atoms with Gasteiger partial charge in [-0.25, -0.2) is 5.43 Å². The van der Waals surface area contributed by atoms with Gasteiger partial charge in [0.2, 0.25) is 5.91 Å². The molecule has 1 aromatic carbocycles. The van der Waals surface area contributed by atoms with Crippen LogP contribution in [-0.4, -0.2) is 12.1 Å². The summed E-state index contributed by atoms with van der Waals surface area (Å²) in [6, 6.07) is 13.8. The molecule has 20 heavy (non-hydrogen) atoms. The topological polar surface area (TPSA) is 54.6 Å². The molecular formula is C16H16N2O2. The summed E-state index contributed by atoms with van der Waals surface area (Å²) in [5, 5.41) is 3.93. The number of amides is 1. The van der Waals surface area contributed by atoms with Gasteiger partial charge < -0.3 is 4.42 Å². The van der Waals surface area contributed by atoms with Crippen molar-refractivity contribution in [3.63, 3.8) is 0 Å². The van der Waals surface area contributed by atoms with Gasteiger partial charge in [0.05, 0.1) is 6.21 Å². The quantitative estimate of drug-likeness (QED) is 0.684. The summed E-state index contributed by atoms with van der Waals surface area (Å²) in [6.07, 6.45) is 2.41. The molecule has 1 aromatic heterocycles. The molecule has 1 fully saturated rings. The lowest BCUT2D eigenvalue weighted by molar-refractivity contribution is -0.122. The summed E-state index contributed by atoms with van der Waals surface area (Å²) in [7, 11) is 0. The highest BCUT2D eigenvalue weighted by Crippen LogP contribution is 2.47. The number of furan rings is 1. The van der Waals surface area contributed by atoms with Crippen molar-refractivity contribution >= 4 is 12.1 Å². The van der Waals surface area contributed by atoms with Gasteiger partial charge in [0.25, 0.3) is 0 Å². The Labute approximate surface area is 117 Å². The Balaban J connectivity index is 1.53. The summed E-state index contributed by atoms with van der Waals surface area (Å²) in [4.78, 5) is 11.9. The fraction of sp³-hybridized carbons (Fsp3) is 0.250. The highest BCUT2D eigenvalue weighted by atomic mass is 16.3. The predicted molar refractivity (Wildman–Crippen MR) is 76.5 cm³/mol. The zero-order chi connectivity index (χ0) is 13.9. The minimum atomic E-state index is -0.0293. The molecule has 1 aliphatic rings. The standard InChI is InChI=1S/C16H16N2O2/c1-11-7-8-13(20-11)10-17-18-16(19)15-9-14(15)12-5-3-2-4-6-12/h2-8,10,14-15H,9H2,1H3,(H,18,19)/b17-10+. The molecule has 3 rings (SSSR count). The SMILES string of the molecule is Cc1ccc(/C=N/NC(=O)C2CC2c2ccccc2)o1. The van der Waals surface area contributed by atoms with Crippen LogP contribution >= 0.6 is 0 Å².